The lowest BCUT2D eigenvalue weighted by atomic mass is 9.93. The van der Waals surface area contributed by atoms with Gasteiger partial charge in [-0.3, -0.25) is 9.69 Å². The van der Waals surface area contributed by atoms with Crippen LogP contribution in [-0.4, -0.2) is 68.3 Å². The number of carbonyl (C=O) groups excluding carboxylic acids is 1. The number of hydrogen-bond donors (Lipinski definition) is 0. The second-order valence-corrected chi connectivity index (χ2v) is 9.66. The molecule has 0 aliphatic carbocycles. The van der Waals surface area contributed by atoms with Crippen molar-refractivity contribution in [2.24, 2.45) is 0 Å². The molecule has 0 radical (unpaired) electrons. The number of fused-ring (bicyclic) bond motifs is 2. The van der Waals surface area contributed by atoms with E-state index in [0.717, 1.165) is 56.3 Å². The fourth-order valence-corrected chi connectivity index (χ4v) is 5.27. The lowest BCUT2D eigenvalue weighted by molar-refractivity contribution is -0.137. The molecule has 0 bridgehead atoms. The van der Waals surface area contributed by atoms with E-state index < -0.39 is 11.7 Å². The van der Waals surface area contributed by atoms with Gasteiger partial charge in [-0.05, 0) is 62.1 Å². The van der Waals surface area contributed by atoms with Crippen LogP contribution in [0.5, 0.6) is 11.5 Å². The minimum absolute atomic E-state index is 0.0197. The first kappa shape index (κ1) is 27.3. The Morgan fingerprint density at radius 1 is 0.973 bits per heavy atom. The highest BCUT2D eigenvalue weighted by molar-refractivity contribution is 5.97. The number of carbonyl (C=O) groups is 1. The molecule has 0 spiro atoms. The summed E-state index contributed by atoms with van der Waals surface area (Å²) in [5.74, 6) is 1.00. The average Bonchev–Trinajstić information content (AvgIpc) is 2.90. The summed E-state index contributed by atoms with van der Waals surface area (Å²) in [5.41, 5.74) is 0.660. The smallest absolute Gasteiger partial charge is 0.416 e. The number of ether oxygens (including phenoxy) is 3. The quantitative estimate of drug-likeness (QED) is 0.541. The fourth-order valence-electron chi connectivity index (χ4n) is 5.27. The molecule has 2 aromatic rings. The van der Waals surface area contributed by atoms with E-state index in [1.54, 1.807) is 32.4 Å². The summed E-state index contributed by atoms with van der Waals surface area (Å²) in [7, 11) is 3.27. The Hall–Kier alpha value is -2.78. The first-order valence-corrected chi connectivity index (χ1v) is 12.8. The summed E-state index contributed by atoms with van der Waals surface area (Å²) >= 11 is 0. The summed E-state index contributed by atoms with van der Waals surface area (Å²) in [6, 6.07) is 10.6. The molecule has 4 rings (SSSR count). The zero-order chi connectivity index (χ0) is 26.4. The molecule has 1 saturated heterocycles. The number of piperidine rings is 1. The fraction of sp³-hybridized carbons (Fsp3) is 0.536. The van der Waals surface area contributed by atoms with Crippen molar-refractivity contribution >= 4 is 5.91 Å². The topological polar surface area (TPSA) is 51.2 Å². The van der Waals surface area contributed by atoms with Crippen LogP contribution in [0.25, 0.3) is 0 Å². The molecule has 1 amide bonds. The van der Waals surface area contributed by atoms with Gasteiger partial charge in [0.15, 0.2) is 0 Å². The van der Waals surface area contributed by atoms with Gasteiger partial charge in [-0.2, -0.15) is 13.2 Å². The molecule has 9 heteroatoms. The molecular formula is C28H35F3N2O4. The molecule has 2 atom stereocenters. The van der Waals surface area contributed by atoms with E-state index in [0.29, 0.717) is 43.3 Å². The molecule has 202 valence electrons. The van der Waals surface area contributed by atoms with Crippen molar-refractivity contribution < 1.29 is 32.2 Å². The van der Waals surface area contributed by atoms with Crippen molar-refractivity contribution in [3.63, 3.8) is 0 Å². The Labute approximate surface area is 216 Å². The van der Waals surface area contributed by atoms with Crippen LogP contribution >= 0.6 is 0 Å². The van der Waals surface area contributed by atoms with Gasteiger partial charge >= 0.3 is 6.18 Å². The molecule has 2 heterocycles. The summed E-state index contributed by atoms with van der Waals surface area (Å²) in [5, 5.41) is 0. The second-order valence-electron chi connectivity index (χ2n) is 9.66. The molecule has 0 unspecified atom stereocenters. The SMILES string of the molecule is COc1ccc2c(c1)OCCN(Cc1ccc(C(F)(F)F)cc1)CCCC[C@@H]1[C@H](OC)CCCN1C2=O. The molecule has 6 nitrogen and oxygen atoms in total. The lowest BCUT2D eigenvalue weighted by Crippen LogP contribution is -2.51. The molecule has 2 aliphatic rings. The molecule has 0 aromatic heterocycles. The lowest BCUT2D eigenvalue weighted by Gasteiger charge is -2.41. The van der Waals surface area contributed by atoms with Crippen LogP contribution in [0.3, 0.4) is 0 Å². The maximum atomic E-state index is 13.7. The summed E-state index contributed by atoms with van der Waals surface area (Å²) in [4.78, 5) is 17.8. The summed E-state index contributed by atoms with van der Waals surface area (Å²) < 4.78 is 56.2. The van der Waals surface area contributed by atoms with Crippen LogP contribution in [0.4, 0.5) is 13.2 Å². The minimum atomic E-state index is -4.35. The normalized spacial score (nSPS) is 22.1. The van der Waals surface area contributed by atoms with E-state index in [2.05, 4.69) is 4.90 Å². The Morgan fingerprint density at radius 3 is 2.46 bits per heavy atom. The first-order chi connectivity index (χ1) is 17.8. The molecule has 37 heavy (non-hydrogen) atoms. The maximum absolute atomic E-state index is 13.7. The van der Waals surface area contributed by atoms with E-state index in [1.165, 1.54) is 12.1 Å². The molecule has 0 N–H and O–H groups in total. The van der Waals surface area contributed by atoms with Crippen LogP contribution < -0.4 is 9.47 Å². The van der Waals surface area contributed by atoms with Gasteiger partial charge < -0.3 is 19.1 Å². The Bertz CT molecular complexity index is 1040. The Morgan fingerprint density at radius 2 is 1.76 bits per heavy atom. The Balaban J connectivity index is 1.56. The van der Waals surface area contributed by atoms with Crippen LogP contribution in [0.15, 0.2) is 42.5 Å². The van der Waals surface area contributed by atoms with Crippen molar-refractivity contribution in [3.8, 4) is 11.5 Å². The van der Waals surface area contributed by atoms with Gasteiger partial charge in [-0.1, -0.05) is 18.6 Å². The van der Waals surface area contributed by atoms with Gasteiger partial charge in [0.05, 0.1) is 30.4 Å². The standard InChI is InChI=1S/C28H35F3N2O4/c1-35-22-12-13-23-26(18-22)37-17-16-32(19-20-8-10-21(11-9-20)28(29,30)31)14-4-3-6-24-25(36-2)7-5-15-33(24)27(23)34/h8-13,18,24-25H,3-7,14-17,19H2,1-2H3/t24-,25-/m1/s1. The number of rotatable bonds is 4. The molecule has 2 aromatic carbocycles. The van der Waals surface area contributed by atoms with Crippen LogP contribution in [0, 0.1) is 0 Å². The van der Waals surface area contributed by atoms with Gasteiger partial charge in [0.2, 0.25) is 0 Å². The number of nitrogens with zero attached hydrogens (tertiary/aromatic N) is 2. The zero-order valence-corrected chi connectivity index (χ0v) is 21.4. The second kappa shape index (κ2) is 12.2. The number of methoxy groups -OCH3 is 2. The van der Waals surface area contributed by atoms with Crippen molar-refractivity contribution in [3.05, 3.63) is 59.2 Å². The number of halogens is 3. The van der Waals surface area contributed by atoms with E-state index in [-0.39, 0.29) is 18.1 Å². The number of alkyl halides is 3. The van der Waals surface area contributed by atoms with Gasteiger partial charge in [-0.15, -0.1) is 0 Å². The van der Waals surface area contributed by atoms with Crippen molar-refractivity contribution in [2.75, 3.05) is 40.5 Å². The summed E-state index contributed by atoms with van der Waals surface area (Å²) in [6.45, 7) is 2.86. The first-order valence-electron chi connectivity index (χ1n) is 12.8. The highest BCUT2D eigenvalue weighted by Gasteiger charge is 2.36. The molecule has 0 saturated carbocycles. The number of hydrogen-bond acceptors (Lipinski definition) is 5. The third kappa shape index (κ3) is 6.76. The van der Waals surface area contributed by atoms with E-state index in [4.69, 9.17) is 14.2 Å². The molecule has 1 fully saturated rings. The highest BCUT2D eigenvalue weighted by Crippen LogP contribution is 2.32. The van der Waals surface area contributed by atoms with Crippen LogP contribution in [0.1, 0.15) is 53.6 Å². The van der Waals surface area contributed by atoms with Gasteiger partial charge in [0.25, 0.3) is 5.91 Å². The largest absolute Gasteiger partial charge is 0.497 e. The van der Waals surface area contributed by atoms with Gasteiger partial charge in [0.1, 0.15) is 18.1 Å². The minimum Gasteiger partial charge on any atom is -0.497 e. The van der Waals surface area contributed by atoms with Crippen molar-refractivity contribution in [1.29, 1.82) is 0 Å². The van der Waals surface area contributed by atoms with Gasteiger partial charge in [-0.25, -0.2) is 0 Å². The average molecular weight is 521 g/mol. The number of benzene rings is 2. The predicted octanol–water partition coefficient (Wildman–Crippen LogP) is 5.40. The summed E-state index contributed by atoms with van der Waals surface area (Å²) in [6.07, 6.45) is 0.0611. The number of amides is 1. The van der Waals surface area contributed by atoms with E-state index in [9.17, 15) is 18.0 Å². The zero-order valence-electron chi connectivity index (χ0n) is 21.4. The van der Waals surface area contributed by atoms with Crippen LogP contribution in [-0.2, 0) is 17.5 Å². The predicted molar refractivity (Wildman–Crippen MR) is 134 cm³/mol. The van der Waals surface area contributed by atoms with E-state index >= 15 is 0 Å². The maximum Gasteiger partial charge on any atom is 0.416 e. The monoisotopic (exact) mass is 520 g/mol. The van der Waals surface area contributed by atoms with Crippen molar-refractivity contribution in [1.82, 2.24) is 9.80 Å². The van der Waals surface area contributed by atoms with Crippen LogP contribution in [0.2, 0.25) is 0 Å². The van der Waals surface area contributed by atoms with Gasteiger partial charge in [0, 0.05) is 32.8 Å². The van der Waals surface area contributed by atoms with Crippen molar-refractivity contribution in [2.45, 2.75) is 57.0 Å². The third-order valence-electron chi connectivity index (χ3n) is 7.28. The highest BCUT2D eigenvalue weighted by atomic mass is 19.4. The third-order valence-corrected chi connectivity index (χ3v) is 7.28. The molecule has 2 aliphatic heterocycles. The van der Waals surface area contributed by atoms with E-state index in [1.807, 2.05) is 4.90 Å². The molecular weight excluding hydrogens is 485 g/mol. The Kier molecular flexibility index (Phi) is 8.97.